The molecule has 0 spiro atoms. The van der Waals surface area contributed by atoms with Gasteiger partial charge < -0.3 is 10.6 Å². The standard InChI is InChI=1S/C17H18N2O2S2/c1-11(18-17(21)15-7-4-9-22-15)16(20)19-13-8-10-23-14-6-3-2-5-12(13)14/h2-7,9,11,13H,8,10H2,1H3,(H,18,21)(H,19,20)/t11-,13+/m0/s1. The third-order valence-electron chi connectivity index (χ3n) is 3.76. The van der Waals surface area contributed by atoms with Crippen molar-refractivity contribution in [1.82, 2.24) is 10.6 Å². The number of hydrogen-bond acceptors (Lipinski definition) is 4. The Labute approximate surface area is 143 Å². The Balaban J connectivity index is 1.62. The molecular formula is C17H18N2O2S2. The van der Waals surface area contributed by atoms with Crippen LogP contribution in [0.5, 0.6) is 0 Å². The summed E-state index contributed by atoms with van der Waals surface area (Å²) in [5.41, 5.74) is 1.16. The lowest BCUT2D eigenvalue weighted by molar-refractivity contribution is -0.123. The van der Waals surface area contributed by atoms with Crippen molar-refractivity contribution in [2.45, 2.75) is 30.3 Å². The van der Waals surface area contributed by atoms with Gasteiger partial charge in [-0.15, -0.1) is 23.1 Å². The van der Waals surface area contributed by atoms with Crippen LogP contribution in [-0.4, -0.2) is 23.6 Å². The van der Waals surface area contributed by atoms with Crippen molar-refractivity contribution in [2.75, 3.05) is 5.75 Å². The Bertz CT molecular complexity index is 700. The molecule has 2 atom stereocenters. The quantitative estimate of drug-likeness (QED) is 0.894. The molecule has 0 saturated heterocycles. The van der Waals surface area contributed by atoms with Crippen molar-refractivity contribution in [3.05, 3.63) is 52.2 Å². The summed E-state index contributed by atoms with van der Waals surface area (Å²) in [5.74, 6) is 0.626. The van der Waals surface area contributed by atoms with Gasteiger partial charge in [-0.2, -0.15) is 0 Å². The van der Waals surface area contributed by atoms with Crippen LogP contribution in [0.15, 0.2) is 46.7 Å². The maximum atomic E-state index is 12.4. The summed E-state index contributed by atoms with van der Waals surface area (Å²) in [5, 5.41) is 7.66. The third-order valence-corrected chi connectivity index (χ3v) is 5.75. The van der Waals surface area contributed by atoms with Crippen molar-refractivity contribution in [2.24, 2.45) is 0 Å². The molecule has 6 heteroatoms. The van der Waals surface area contributed by atoms with E-state index in [1.807, 2.05) is 35.3 Å². The van der Waals surface area contributed by atoms with Gasteiger partial charge in [0.15, 0.2) is 0 Å². The average Bonchev–Trinajstić information content (AvgIpc) is 3.09. The second-order valence-corrected chi connectivity index (χ2v) is 7.49. The molecule has 0 radical (unpaired) electrons. The lowest BCUT2D eigenvalue weighted by atomic mass is 10.0. The molecule has 1 aliphatic heterocycles. The topological polar surface area (TPSA) is 58.2 Å². The number of benzene rings is 1. The number of thiophene rings is 1. The summed E-state index contributed by atoms with van der Waals surface area (Å²) in [6.45, 7) is 1.71. The third kappa shape index (κ3) is 3.76. The van der Waals surface area contributed by atoms with Crippen molar-refractivity contribution in [3.63, 3.8) is 0 Å². The van der Waals surface area contributed by atoms with Crippen LogP contribution >= 0.6 is 23.1 Å². The second kappa shape index (κ2) is 7.19. The molecule has 2 N–H and O–H groups in total. The number of fused-ring (bicyclic) bond motifs is 1. The van der Waals surface area contributed by atoms with Gasteiger partial charge in [0.25, 0.3) is 5.91 Å². The summed E-state index contributed by atoms with van der Waals surface area (Å²) in [4.78, 5) is 26.3. The van der Waals surface area contributed by atoms with Crippen molar-refractivity contribution in [1.29, 1.82) is 0 Å². The van der Waals surface area contributed by atoms with Gasteiger partial charge in [0, 0.05) is 10.6 Å². The number of amides is 2. The molecule has 3 rings (SSSR count). The Morgan fingerprint density at radius 1 is 1.22 bits per heavy atom. The van der Waals surface area contributed by atoms with Crippen LogP contribution in [0, 0.1) is 0 Å². The van der Waals surface area contributed by atoms with Gasteiger partial charge in [-0.25, -0.2) is 0 Å². The van der Waals surface area contributed by atoms with E-state index < -0.39 is 6.04 Å². The molecule has 0 saturated carbocycles. The van der Waals surface area contributed by atoms with Gasteiger partial charge >= 0.3 is 0 Å². The summed E-state index contributed by atoms with van der Waals surface area (Å²) >= 11 is 3.18. The van der Waals surface area contributed by atoms with Gasteiger partial charge in [0.05, 0.1) is 10.9 Å². The average molecular weight is 346 g/mol. The van der Waals surface area contributed by atoms with Gasteiger partial charge in [0.1, 0.15) is 6.04 Å². The predicted molar refractivity (Wildman–Crippen MR) is 93.9 cm³/mol. The fourth-order valence-electron chi connectivity index (χ4n) is 2.53. The lowest BCUT2D eigenvalue weighted by Crippen LogP contribution is -2.46. The fourth-order valence-corrected chi connectivity index (χ4v) is 4.28. The smallest absolute Gasteiger partial charge is 0.261 e. The predicted octanol–water partition coefficient (Wildman–Crippen LogP) is 3.22. The van der Waals surface area contributed by atoms with E-state index in [0.29, 0.717) is 4.88 Å². The minimum absolute atomic E-state index is 0.0149. The Morgan fingerprint density at radius 2 is 2.04 bits per heavy atom. The number of nitrogens with one attached hydrogen (secondary N) is 2. The Morgan fingerprint density at radius 3 is 2.83 bits per heavy atom. The highest BCUT2D eigenvalue weighted by Gasteiger charge is 2.24. The van der Waals surface area contributed by atoms with Crippen molar-refractivity contribution < 1.29 is 9.59 Å². The molecule has 0 fully saturated rings. The number of rotatable bonds is 4. The van der Waals surface area contributed by atoms with Crippen molar-refractivity contribution in [3.8, 4) is 0 Å². The maximum Gasteiger partial charge on any atom is 0.261 e. The molecule has 4 nitrogen and oxygen atoms in total. The monoisotopic (exact) mass is 346 g/mol. The molecular weight excluding hydrogens is 328 g/mol. The van der Waals surface area contributed by atoms with E-state index in [0.717, 1.165) is 17.7 Å². The van der Waals surface area contributed by atoms with Gasteiger partial charge in [-0.05, 0) is 36.4 Å². The normalized spacial score (nSPS) is 17.9. The number of carbonyl (C=O) groups is 2. The van der Waals surface area contributed by atoms with E-state index in [2.05, 4.69) is 22.8 Å². The summed E-state index contributed by atoms with van der Waals surface area (Å²) in [6, 6.07) is 11.2. The van der Waals surface area contributed by atoms with Crippen LogP contribution in [0.1, 0.15) is 34.6 Å². The number of hydrogen-bond donors (Lipinski definition) is 2. The van der Waals surface area contributed by atoms with Gasteiger partial charge in [-0.1, -0.05) is 24.3 Å². The number of thioether (sulfide) groups is 1. The zero-order valence-electron chi connectivity index (χ0n) is 12.7. The van der Waals surface area contributed by atoms with Crippen LogP contribution in [0.2, 0.25) is 0 Å². The number of carbonyl (C=O) groups excluding carboxylic acids is 2. The minimum atomic E-state index is -0.564. The molecule has 2 aromatic rings. The molecule has 0 bridgehead atoms. The highest BCUT2D eigenvalue weighted by Crippen LogP contribution is 2.35. The van der Waals surface area contributed by atoms with E-state index >= 15 is 0 Å². The largest absolute Gasteiger partial charge is 0.347 e. The Hall–Kier alpha value is -1.79. The zero-order valence-corrected chi connectivity index (χ0v) is 14.4. The molecule has 2 amide bonds. The van der Waals surface area contributed by atoms with E-state index in [1.165, 1.54) is 16.2 Å². The highest BCUT2D eigenvalue weighted by molar-refractivity contribution is 7.99. The Kier molecular flexibility index (Phi) is 5.03. The van der Waals surface area contributed by atoms with Crippen LogP contribution < -0.4 is 10.6 Å². The first-order chi connectivity index (χ1) is 11.1. The van der Waals surface area contributed by atoms with Gasteiger partial charge in [0.2, 0.25) is 5.91 Å². The summed E-state index contributed by atoms with van der Waals surface area (Å²) < 4.78 is 0. The first-order valence-electron chi connectivity index (χ1n) is 7.51. The molecule has 1 aromatic heterocycles. The lowest BCUT2D eigenvalue weighted by Gasteiger charge is -2.27. The highest BCUT2D eigenvalue weighted by atomic mass is 32.2. The minimum Gasteiger partial charge on any atom is -0.347 e. The summed E-state index contributed by atoms with van der Waals surface area (Å²) in [7, 11) is 0. The molecule has 120 valence electrons. The first-order valence-corrected chi connectivity index (χ1v) is 9.38. The first kappa shape index (κ1) is 16.1. The van der Waals surface area contributed by atoms with Crippen molar-refractivity contribution >= 4 is 34.9 Å². The molecule has 1 aromatic carbocycles. The van der Waals surface area contributed by atoms with Crippen LogP contribution in [-0.2, 0) is 4.79 Å². The SMILES string of the molecule is C[C@H](NC(=O)c1cccs1)C(=O)N[C@@H]1CCSc2ccccc21. The zero-order chi connectivity index (χ0) is 16.2. The van der Waals surface area contributed by atoms with Crippen LogP contribution in [0.25, 0.3) is 0 Å². The molecule has 0 aliphatic carbocycles. The van der Waals surface area contributed by atoms with E-state index in [-0.39, 0.29) is 17.9 Å². The van der Waals surface area contributed by atoms with E-state index in [9.17, 15) is 9.59 Å². The fraction of sp³-hybridized carbons (Fsp3) is 0.294. The molecule has 1 aliphatic rings. The molecule has 23 heavy (non-hydrogen) atoms. The molecule has 2 heterocycles. The maximum absolute atomic E-state index is 12.4. The molecule has 0 unspecified atom stereocenters. The van der Waals surface area contributed by atoms with Crippen LogP contribution in [0.3, 0.4) is 0 Å². The summed E-state index contributed by atoms with van der Waals surface area (Å²) in [6.07, 6.45) is 0.902. The van der Waals surface area contributed by atoms with Gasteiger partial charge in [-0.3, -0.25) is 9.59 Å². The van der Waals surface area contributed by atoms with E-state index in [4.69, 9.17) is 0 Å². The second-order valence-electron chi connectivity index (χ2n) is 5.41. The van der Waals surface area contributed by atoms with E-state index in [1.54, 1.807) is 13.0 Å². The van der Waals surface area contributed by atoms with Crippen LogP contribution in [0.4, 0.5) is 0 Å².